The summed E-state index contributed by atoms with van der Waals surface area (Å²) in [7, 11) is 0. The number of hydrogen-bond acceptors (Lipinski definition) is 2. The van der Waals surface area contributed by atoms with E-state index >= 15 is 0 Å². The van der Waals surface area contributed by atoms with Crippen LogP contribution in [0, 0.1) is 0 Å². The Bertz CT molecular complexity index is 2590. The summed E-state index contributed by atoms with van der Waals surface area (Å²) in [6.07, 6.45) is -4.78. The minimum absolute atomic E-state index is 0.257. The maximum atomic E-state index is 13.2. The average molecular weight is 722 g/mol. The monoisotopic (exact) mass is 721 g/mol. The van der Waals surface area contributed by atoms with Gasteiger partial charge in [-0.2, -0.15) is 0 Å². The van der Waals surface area contributed by atoms with E-state index in [1.165, 1.54) is 12.1 Å². The van der Waals surface area contributed by atoms with Crippen molar-refractivity contribution in [1.82, 2.24) is 0 Å². The largest absolute Gasteiger partial charge is 0.573 e. The minimum atomic E-state index is -4.78. The van der Waals surface area contributed by atoms with Gasteiger partial charge in [0.15, 0.2) is 0 Å². The van der Waals surface area contributed by atoms with E-state index in [2.05, 4.69) is 137 Å². The third-order valence-electron chi connectivity index (χ3n) is 10.5. The second-order valence-electron chi connectivity index (χ2n) is 13.6. The fourth-order valence-electron chi connectivity index (χ4n) is 8.19. The van der Waals surface area contributed by atoms with Crippen LogP contribution in [0.2, 0.25) is 0 Å². The summed E-state index contributed by atoms with van der Waals surface area (Å²) >= 11 is 0. The molecule has 0 radical (unpaired) electrons. The van der Waals surface area contributed by atoms with Gasteiger partial charge in [-0.05, 0) is 92.5 Å². The number of anilines is 3. The van der Waals surface area contributed by atoms with Crippen LogP contribution in [0.5, 0.6) is 5.75 Å². The van der Waals surface area contributed by atoms with Crippen molar-refractivity contribution in [2.45, 2.75) is 11.8 Å². The SMILES string of the molecule is FC(F)(F)Oc1ccc(C2(c3ccccc3)c3ccccc3-c3cc(N(c4ccc(-c5ccccc5)cc4)c4ccccc4-c4ccccc4)ccc32)cc1. The summed E-state index contributed by atoms with van der Waals surface area (Å²) in [5.74, 6) is -0.257. The molecule has 0 spiro atoms. The van der Waals surface area contributed by atoms with Crippen molar-refractivity contribution in [3.8, 4) is 39.1 Å². The number of para-hydroxylation sites is 1. The molecule has 0 aliphatic heterocycles. The van der Waals surface area contributed by atoms with Crippen molar-refractivity contribution >= 4 is 17.1 Å². The maximum absolute atomic E-state index is 13.2. The Labute approximate surface area is 318 Å². The molecule has 0 aromatic heterocycles. The van der Waals surface area contributed by atoms with Gasteiger partial charge in [0, 0.05) is 16.9 Å². The molecule has 2 nitrogen and oxygen atoms in total. The molecule has 5 heteroatoms. The Hall–Kier alpha value is -6.85. The van der Waals surface area contributed by atoms with E-state index < -0.39 is 11.8 Å². The summed E-state index contributed by atoms with van der Waals surface area (Å²) in [5, 5.41) is 0. The Balaban J connectivity index is 1.26. The van der Waals surface area contributed by atoms with Crippen LogP contribution in [0.25, 0.3) is 33.4 Å². The summed E-state index contributed by atoms with van der Waals surface area (Å²) in [6.45, 7) is 0. The Morgan fingerprint density at radius 1 is 0.400 bits per heavy atom. The van der Waals surface area contributed by atoms with Crippen molar-refractivity contribution in [2.75, 3.05) is 4.90 Å². The predicted octanol–water partition coefficient (Wildman–Crippen LogP) is 13.8. The van der Waals surface area contributed by atoms with E-state index in [0.29, 0.717) is 0 Å². The number of halogens is 3. The first kappa shape index (κ1) is 34.0. The second kappa shape index (κ2) is 13.9. The third kappa shape index (κ3) is 6.14. The lowest BCUT2D eigenvalue weighted by atomic mass is 9.67. The van der Waals surface area contributed by atoms with Crippen LogP contribution >= 0.6 is 0 Å². The minimum Gasteiger partial charge on any atom is -0.406 e. The van der Waals surface area contributed by atoms with E-state index in [0.717, 1.165) is 72.7 Å². The predicted molar refractivity (Wildman–Crippen MR) is 216 cm³/mol. The highest BCUT2D eigenvalue weighted by molar-refractivity contribution is 5.93. The fourth-order valence-corrected chi connectivity index (χ4v) is 8.19. The molecule has 266 valence electrons. The molecule has 1 atom stereocenters. The van der Waals surface area contributed by atoms with Crippen molar-refractivity contribution in [1.29, 1.82) is 0 Å². The van der Waals surface area contributed by atoms with Gasteiger partial charge in [-0.1, -0.05) is 164 Å². The van der Waals surface area contributed by atoms with E-state index in [9.17, 15) is 13.2 Å². The van der Waals surface area contributed by atoms with Crippen LogP contribution in [-0.4, -0.2) is 6.36 Å². The van der Waals surface area contributed by atoms with E-state index in [-0.39, 0.29) is 5.75 Å². The Morgan fingerprint density at radius 3 is 1.58 bits per heavy atom. The van der Waals surface area contributed by atoms with Gasteiger partial charge < -0.3 is 9.64 Å². The van der Waals surface area contributed by atoms with Gasteiger partial charge in [-0.25, -0.2) is 0 Å². The molecule has 0 fully saturated rings. The molecule has 55 heavy (non-hydrogen) atoms. The van der Waals surface area contributed by atoms with Gasteiger partial charge in [-0.15, -0.1) is 13.2 Å². The quantitative estimate of drug-likeness (QED) is 0.155. The zero-order chi connectivity index (χ0) is 37.4. The van der Waals surface area contributed by atoms with Gasteiger partial charge in [0.2, 0.25) is 0 Å². The van der Waals surface area contributed by atoms with Gasteiger partial charge in [0.25, 0.3) is 0 Å². The van der Waals surface area contributed by atoms with Crippen molar-refractivity contribution in [3.63, 3.8) is 0 Å². The van der Waals surface area contributed by atoms with Gasteiger partial charge >= 0.3 is 6.36 Å². The number of ether oxygens (including phenoxy) is 1. The number of alkyl halides is 3. The molecular formula is C50H34F3NO. The van der Waals surface area contributed by atoms with Crippen LogP contribution in [0.1, 0.15) is 22.3 Å². The van der Waals surface area contributed by atoms with Crippen LogP contribution < -0.4 is 9.64 Å². The first-order valence-electron chi connectivity index (χ1n) is 18.2. The molecule has 0 bridgehead atoms. The van der Waals surface area contributed by atoms with Crippen LogP contribution in [0.15, 0.2) is 206 Å². The fraction of sp³-hybridized carbons (Fsp3) is 0.0400. The topological polar surface area (TPSA) is 12.5 Å². The Morgan fingerprint density at radius 2 is 0.909 bits per heavy atom. The van der Waals surface area contributed by atoms with E-state index in [1.807, 2.05) is 54.6 Å². The van der Waals surface area contributed by atoms with Crippen LogP contribution in [-0.2, 0) is 5.41 Å². The molecule has 9 rings (SSSR count). The molecule has 0 saturated carbocycles. The molecule has 1 aliphatic carbocycles. The number of rotatable bonds is 8. The molecule has 0 amide bonds. The average Bonchev–Trinajstić information content (AvgIpc) is 3.52. The lowest BCUT2D eigenvalue weighted by Gasteiger charge is -2.34. The van der Waals surface area contributed by atoms with E-state index in [4.69, 9.17) is 0 Å². The molecule has 1 aliphatic rings. The zero-order valence-electron chi connectivity index (χ0n) is 29.6. The van der Waals surface area contributed by atoms with Gasteiger partial charge in [-0.3, -0.25) is 0 Å². The highest BCUT2D eigenvalue weighted by Gasteiger charge is 2.46. The molecule has 0 saturated heterocycles. The van der Waals surface area contributed by atoms with Crippen molar-refractivity contribution in [3.05, 3.63) is 229 Å². The number of fused-ring (bicyclic) bond motifs is 3. The van der Waals surface area contributed by atoms with Crippen molar-refractivity contribution < 1.29 is 17.9 Å². The summed E-state index contributed by atoms with van der Waals surface area (Å²) < 4.78 is 43.9. The summed E-state index contributed by atoms with van der Waals surface area (Å²) in [5.41, 5.74) is 12.8. The second-order valence-corrected chi connectivity index (χ2v) is 13.6. The molecule has 1 unspecified atom stereocenters. The van der Waals surface area contributed by atoms with Crippen LogP contribution in [0.4, 0.5) is 30.2 Å². The third-order valence-corrected chi connectivity index (χ3v) is 10.5. The lowest BCUT2D eigenvalue weighted by Crippen LogP contribution is -2.28. The first-order chi connectivity index (χ1) is 26.9. The van der Waals surface area contributed by atoms with Gasteiger partial charge in [0.1, 0.15) is 5.75 Å². The zero-order valence-corrected chi connectivity index (χ0v) is 29.6. The molecular weight excluding hydrogens is 688 g/mol. The summed E-state index contributed by atoms with van der Waals surface area (Å²) in [4.78, 5) is 2.31. The first-order valence-corrected chi connectivity index (χ1v) is 18.2. The number of benzene rings is 8. The Kier molecular flexibility index (Phi) is 8.55. The van der Waals surface area contributed by atoms with Crippen LogP contribution in [0.3, 0.4) is 0 Å². The maximum Gasteiger partial charge on any atom is 0.573 e. The summed E-state index contributed by atoms with van der Waals surface area (Å²) in [6, 6.07) is 69.4. The molecule has 0 N–H and O–H groups in total. The normalized spacial score (nSPS) is 14.5. The molecule has 8 aromatic rings. The smallest absolute Gasteiger partial charge is 0.406 e. The van der Waals surface area contributed by atoms with Gasteiger partial charge in [0.05, 0.1) is 11.1 Å². The van der Waals surface area contributed by atoms with Crippen molar-refractivity contribution in [2.24, 2.45) is 0 Å². The van der Waals surface area contributed by atoms with E-state index in [1.54, 1.807) is 12.1 Å². The highest BCUT2D eigenvalue weighted by Crippen LogP contribution is 2.57. The lowest BCUT2D eigenvalue weighted by molar-refractivity contribution is -0.274. The highest BCUT2D eigenvalue weighted by atomic mass is 19.4. The molecule has 0 heterocycles. The molecule has 8 aromatic carbocycles. The number of hydrogen-bond donors (Lipinski definition) is 0. The number of nitrogens with zero attached hydrogens (tertiary/aromatic N) is 1. The standard InChI is InChI=1S/C50H34F3NO/c51-50(52,53)55-42-31-26-39(27-32-42)49(38-18-8-3-9-19-38)46-22-12-10-21-44(46)45-34-41(30-33-47(45)49)54(40-28-24-36(25-29-40)35-14-4-1-5-15-35)48-23-13-11-20-43(48)37-16-6-2-7-17-37/h1-34H.